The Morgan fingerprint density at radius 2 is 2.40 bits per heavy atom. The maximum absolute atomic E-state index is 6.66. The number of aromatic hydroxyl groups is 2. The molecular weight excluding hydrogens is 130 g/mol. The summed E-state index contributed by atoms with van der Waals surface area (Å²) < 4.78 is 19.9. The molecule has 0 fully saturated rings. The maximum Gasteiger partial charge on any atom is 0.293 e. The van der Waals surface area contributed by atoms with Gasteiger partial charge in [0, 0.05) is 6.21 Å². The summed E-state index contributed by atoms with van der Waals surface area (Å²) >= 11 is 0. The molecule has 0 aliphatic carbocycles. The monoisotopic (exact) mass is 140 g/mol. The Balaban J connectivity index is 3.05. The lowest BCUT2D eigenvalue weighted by molar-refractivity contribution is 0.403. The summed E-state index contributed by atoms with van der Waals surface area (Å²) in [5.41, 5.74) is 0.609. The Bertz CT molecular complexity index is 317. The minimum absolute atomic E-state index is 0.118. The molecule has 0 unspecified atom stereocenters. The van der Waals surface area contributed by atoms with Crippen LogP contribution in [0.5, 0.6) is 11.5 Å². The number of benzene rings is 1. The average Bonchev–Trinajstić information content (AvgIpc) is 2.18. The average molecular weight is 140 g/mol. The van der Waals surface area contributed by atoms with E-state index in [1.807, 2.05) is 0 Å². The summed E-state index contributed by atoms with van der Waals surface area (Å²) in [5, 5.41) is 11.4. The third-order valence-corrected chi connectivity index (χ3v) is 1.12. The van der Waals surface area contributed by atoms with Gasteiger partial charge in [-0.15, -0.1) is 0 Å². The number of phenolic OH excluding ortho intramolecular Hbond substituents is 2. The summed E-state index contributed by atoms with van der Waals surface area (Å²) in [7, 11) is 0. The molecule has 0 aliphatic rings. The van der Waals surface area contributed by atoms with Gasteiger partial charge in [-0.05, 0) is 23.8 Å². The molecule has 0 amide bonds. The van der Waals surface area contributed by atoms with Gasteiger partial charge in [0.25, 0.3) is 2.86 Å². The van der Waals surface area contributed by atoms with Crippen molar-refractivity contribution in [2.24, 2.45) is 0 Å². The predicted octanol–water partition coefficient (Wildman–Crippen LogP) is 1.10. The van der Waals surface area contributed by atoms with Crippen molar-refractivity contribution < 1.29 is 11.6 Å². The molecule has 52 valence electrons. The number of phenols is 2. The van der Waals surface area contributed by atoms with Gasteiger partial charge in [-0.2, -0.15) is 0 Å². The largest absolute Gasteiger partial charge is 0.504 e. The zero-order chi connectivity index (χ0) is 9.68. The maximum atomic E-state index is 6.66. The molecule has 1 aromatic carbocycles. The lowest BCUT2D eigenvalue weighted by atomic mass is 10.2. The fraction of sp³-hybridized carbons (Fsp3) is 0. The first-order chi connectivity index (χ1) is 6.31. The third kappa shape index (κ3) is 1.07. The van der Waals surface area contributed by atoms with Gasteiger partial charge in [0.05, 0.1) is 0 Å². The van der Waals surface area contributed by atoms with E-state index in [-0.39, 0.29) is 11.5 Å². The molecule has 1 aromatic rings. The topological polar surface area (TPSA) is 64.3 Å². The second-order valence-electron chi connectivity index (χ2n) is 1.84. The fourth-order valence-corrected chi connectivity index (χ4v) is 0.605. The van der Waals surface area contributed by atoms with Crippen LogP contribution in [0.1, 0.15) is 5.56 Å². The summed E-state index contributed by atoms with van der Waals surface area (Å²) in [4.78, 5) is 0. The first-order valence-corrected chi connectivity index (χ1v) is 2.69. The molecule has 0 bridgehead atoms. The number of nitrogens with one attached hydrogen (secondary N) is 1. The van der Waals surface area contributed by atoms with E-state index in [1.54, 1.807) is 6.07 Å². The van der Waals surface area contributed by atoms with E-state index in [9.17, 15) is 0 Å². The van der Waals surface area contributed by atoms with Crippen molar-refractivity contribution in [1.82, 2.24) is 0 Å². The lowest BCUT2D eigenvalue weighted by Gasteiger charge is -1.96. The molecule has 0 saturated carbocycles. The van der Waals surface area contributed by atoms with Crippen molar-refractivity contribution in [2.45, 2.75) is 0 Å². The Morgan fingerprint density at radius 3 is 3.10 bits per heavy atom. The van der Waals surface area contributed by atoms with E-state index < -0.39 is 0 Å². The van der Waals surface area contributed by atoms with Gasteiger partial charge in [-0.25, -0.2) is 0 Å². The van der Waals surface area contributed by atoms with E-state index in [2.05, 4.69) is 15.6 Å². The van der Waals surface area contributed by atoms with Crippen LogP contribution in [0.2, 0.25) is 1.41 Å². The number of rotatable bonds is 3. The summed E-state index contributed by atoms with van der Waals surface area (Å²) in [5.74, 6) is 0.268. The second kappa shape index (κ2) is 2.39. The van der Waals surface area contributed by atoms with Crippen molar-refractivity contribution >= 4 is 6.21 Å². The van der Waals surface area contributed by atoms with Gasteiger partial charge in [0.2, 0.25) is 0 Å². The van der Waals surface area contributed by atoms with Gasteiger partial charge < -0.3 is 15.6 Å². The Labute approximate surface area is 62.5 Å². The van der Waals surface area contributed by atoms with Gasteiger partial charge in [-0.3, -0.25) is 0 Å². The minimum Gasteiger partial charge on any atom is -0.504 e. The SMILES string of the molecule is [2H]N=Cc1ccc(O[2H])c(O[2H])c1. The smallest absolute Gasteiger partial charge is 0.293 e. The second-order valence-corrected chi connectivity index (χ2v) is 1.84. The van der Waals surface area contributed by atoms with Crippen molar-refractivity contribution in [1.29, 1.82) is 8.26 Å². The van der Waals surface area contributed by atoms with Crippen LogP contribution in [0.15, 0.2) is 18.2 Å². The molecule has 0 aromatic heterocycles. The van der Waals surface area contributed by atoms with Gasteiger partial charge in [0.15, 0.2) is 12.9 Å². The van der Waals surface area contributed by atoms with Crippen LogP contribution in [-0.4, -0.2) is 19.3 Å². The first kappa shape index (κ1) is 3.61. The number of hydrogen-bond acceptors (Lipinski definition) is 3. The molecule has 3 N–H and O–H groups in total. The Kier molecular flexibility index (Phi) is 0.862. The van der Waals surface area contributed by atoms with Crippen LogP contribution in [-0.2, 0) is 0 Å². The lowest BCUT2D eigenvalue weighted by Crippen LogP contribution is -1.77. The van der Waals surface area contributed by atoms with Crippen molar-refractivity contribution in [3.05, 3.63) is 23.8 Å². The third-order valence-electron chi connectivity index (χ3n) is 1.12. The van der Waals surface area contributed by atoms with Crippen LogP contribution in [0, 0.1) is 5.40 Å². The standard InChI is InChI=1S/C7H7NO2/c8-4-5-1-2-6(9)7(10)3-5/h1-4,8-10H/i/hD3. The minimum atomic E-state index is 0.118. The molecule has 10 heavy (non-hydrogen) atoms. The quantitative estimate of drug-likeness (QED) is 0.434. The fourth-order valence-electron chi connectivity index (χ4n) is 0.605. The summed E-state index contributed by atoms with van der Waals surface area (Å²) in [6, 6.07) is 4.52. The Morgan fingerprint density at radius 1 is 1.50 bits per heavy atom. The van der Waals surface area contributed by atoms with E-state index in [4.69, 9.17) is 4.27 Å². The number of hydrogen-bond donors (Lipinski definition) is 3. The molecule has 0 radical (unpaired) electrons. The molecule has 0 atom stereocenters. The van der Waals surface area contributed by atoms with Crippen molar-refractivity contribution in [2.75, 3.05) is 0 Å². The normalized spacial score (nSPS) is 13.8. The molecule has 0 aliphatic heterocycles. The van der Waals surface area contributed by atoms with Gasteiger partial charge in [0.1, 0.15) is 0 Å². The van der Waals surface area contributed by atoms with Crippen LogP contribution in [0.3, 0.4) is 0 Å². The zero-order valence-corrected chi connectivity index (χ0v) is 5.07. The Hall–Kier alpha value is -1.51. The van der Waals surface area contributed by atoms with E-state index in [0.717, 1.165) is 0 Å². The summed E-state index contributed by atoms with van der Waals surface area (Å²) in [6.45, 7) is 0. The predicted molar refractivity (Wildman–Crippen MR) is 37.7 cm³/mol. The van der Waals surface area contributed by atoms with Crippen molar-refractivity contribution in [3.63, 3.8) is 0 Å². The molecule has 1 rings (SSSR count). The highest BCUT2D eigenvalue weighted by Crippen LogP contribution is 2.23. The molecule has 0 heterocycles. The highest BCUT2D eigenvalue weighted by molar-refractivity contribution is 5.78. The highest BCUT2D eigenvalue weighted by Gasteiger charge is 1.96. The van der Waals surface area contributed by atoms with Gasteiger partial charge >= 0.3 is 0 Å². The highest BCUT2D eigenvalue weighted by atomic mass is 16.3. The molecular formula is C7H7NO2. The molecule has 0 saturated heterocycles. The van der Waals surface area contributed by atoms with E-state index >= 15 is 0 Å². The van der Waals surface area contributed by atoms with Gasteiger partial charge in [-0.1, -0.05) is 0 Å². The van der Waals surface area contributed by atoms with Crippen molar-refractivity contribution in [3.8, 4) is 11.5 Å². The molecule has 3 nitrogen and oxygen atoms in total. The van der Waals surface area contributed by atoms with E-state index in [0.29, 0.717) is 5.56 Å². The molecule has 3 heteroatoms. The van der Waals surface area contributed by atoms with E-state index in [1.165, 1.54) is 18.3 Å². The summed E-state index contributed by atoms with van der Waals surface area (Å²) in [6.07, 6.45) is 1.29. The molecule has 0 spiro atoms. The van der Waals surface area contributed by atoms with Crippen LogP contribution < -0.4 is 0 Å². The zero-order valence-electron chi connectivity index (χ0n) is 8.07. The van der Waals surface area contributed by atoms with Crippen LogP contribution >= 0.6 is 0 Å². The van der Waals surface area contributed by atoms with Crippen LogP contribution in [0.25, 0.3) is 0 Å². The van der Waals surface area contributed by atoms with Crippen LogP contribution in [0.4, 0.5) is 0 Å². The first-order valence-electron chi connectivity index (χ1n) is 3.96.